The van der Waals surface area contributed by atoms with E-state index >= 15 is 0 Å². The molecule has 0 spiro atoms. The van der Waals surface area contributed by atoms with Gasteiger partial charge in [0.15, 0.2) is 0 Å². The number of rotatable bonds is 5. The molecule has 0 aromatic heterocycles. The molecule has 1 atom stereocenters. The molecule has 0 saturated carbocycles. The zero-order chi connectivity index (χ0) is 14.6. The normalized spacial score (nSPS) is 13.3. The van der Waals surface area contributed by atoms with Crippen molar-refractivity contribution >= 4 is 29.1 Å². The summed E-state index contributed by atoms with van der Waals surface area (Å²) in [5.41, 5.74) is 0.743. The molecule has 1 N–H and O–H groups in total. The van der Waals surface area contributed by atoms with E-state index < -0.39 is 7.52 Å². The maximum absolute atomic E-state index is 12.4. The highest BCUT2D eigenvalue weighted by atomic mass is 79.9. The molecule has 4 nitrogen and oxygen atoms in total. The van der Waals surface area contributed by atoms with Gasteiger partial charge in [-0.2, -0.15) is 0 Å². The number of hydrogen-bond acceptors (Lipinski definition) is 3. The Morgan fingerprint density at radius 1 is 1.00 bits per heavy atom. The third kappa shape index (κ3) is 4.29. The van der Waals surface area contributed by atoms with Crippen molar-refractivity contribution in [2.75, 3.05) is 18.9 Å². The van der Waals surface area contributed by atoms with E-state index in [4.69, 9.17) is 9.26 Å². The van der Waals surface area contributed by atoms with Gasteiger partial charge in [-0.25, -0.2) is 0 Å². The lowest BCUT2D eigenvalue weighted by atomic mass is 10.3. The molecule has 2 aromatic carbocycles. The molecule has 0 bridgehead atoms. The minimum absolute atomic E-state index is 0.529. The van der Waals surface area contributed by atoms with Gasteiger partial charge < -0.3 is 14.3 Å². The van der Waals surface area contributed by atoms with Gasteiger partial charge in [0.05, 0.1) is 7.11 Å². The van der Waals surface area contributed by atoms with E-state index in [1.807, 2.05) is 24.3 Å². The summed E-state index contributed by atoms with van der Waals surface area (Å²) in [6.45, 7) is 1.54. The molecule has 0 amide bonds. The minimum atomic E-state index is -2.98. The second kappa shape index (κ2) is 6.33. The Morgan fingerprint density at radius 3 is 2.10 bits per heavy atom. The van der Waals surface area contributed by atoms with E-state index in [1.165, 1.54) is 0 Å². The molecule has 20 heavy (non-hydrogen) atoms. The molecule has 6 heteroatoms. The predicted octanol–water partition coefficient (Wildman–Crippen LogP) is 4.77. The van der Waals surface area contributed by atoms with Crippen LogP contribution in [0.2, 0.25) is 0 Å². The van der Waals surface area contributed by atoms with Crippen LogP contribution in [0.3, 0.4) is 0 Å². The van der Waals surface area contributed by atoms with E-state index in [2.05, 4.69) is 21.0 Å². The molecule has 0 heterocycles. The molecule has 0 fully saturated rings. The largest absolute Gasteiger partial charge is 0.497 e. The zero-order valence-corrected chi connectivity index (χ0v) is 13.6. The number of methoxy groups -OCH3 is 1. The summed E-state index contributed by atoms with van der Waals surface area (Å²) in [4.78, 5) is 0. The van der Waals surface area contributed by atoms with Crippen molar-refractivity contribution in [1.29, 1.82) is 0 Å². The van der Waals surface area contributed by atoms with Gasteiger partial charge in [-0.15, -0.1) is 0 Å². The van der Waals surface area contributed by atoms with Crippen molar-refractivity contribution in [3.8, 4) is 11.5 Å². The quantitative estimate of drug-likeness (QED) is 0.784. The number of hydrogen-bond donors (Lipinski definition) is 1. The maximum atomic E-state index is 12.4. The summed E-state index contributed by atoms with van der Waals surface area (Å²) in [5, 5.41) is 2.90. The highest BCUT2D eigenvalue weighted by Crippen LogP contribution is 2.43. The highest BCUT2D eigenvalue weighted by Gasteiger charge is 2.17. The van der Waals surface area contributed by atoms with Crippen LogP contribution in [0.1, 0.15) is 0 Å². The Labute approximate surface area is 126 Å². The SMILES string of the molecule is COc1ccc(O[P@](C)(=O)Nc2ccc(Br)cc2)cc1. The third-order valence-electron chi connectivity index (χ3n) is 2.52. The van der Waals surface area contributed by atoms with Crippen molar-refractivity contribution in [3.63, 3.8) is 0 Å². The van der Waals surface area contributed by atoms with E-state index in [0.29, 0.717) is 5.75 Å². The summed E-state index contributed by atoms with van der Waals surface area (Å²) < 4.78 is 24.0. The summed E-state index contributed by atoms with van der Waals surface area (Å²) in [6.07, 6.45) is 0. The van der Waals surface area contributed by atoms with E-state index in [0.717, 1.165) is 15.9 Å². The molecule has 0 aliphatic rings. The van der Waals surface area contributed by atoms with E-state index in [1.54, 1.807) is 38.0 Å². The Morgan fingerprint density at radius 2 is 1.55 bits per heavy atom. The van der Waals surface area contributed by atoms with Crippen molar-refractivity contribution in [2.45, 2.75) is 0 Å². The average Bonchev–Trinajstić information content (AvgIpc) is 2.41. The van der Waals surface area contributed by atoms with Crippen LogP contribution < -0.4 is 14.3 Å². The van der Waals surface area contributed by atoms with Crippen molar-refractivity contribution in [1.82, 2.24) is 0 Å². The number of halogens is 1. The van der Waals surface area contributed by atoms with Gasteiger partial charge >= 0.3 is 7.52 Å². The third-order valence-corrected chi connectivity index (χ3v) is 4.27. The molecule has 106 valence electrons. The summed E-state index contributed by atoms with van der Waals surface area (Å²) in [7, 11) is -1.39. The van der Waals surface area contributed by atoms with Gasteiger partial charge in [0.2, 0.25) is 0 Å². The fourth-order valence-electron chi connectivity index (χ4n) is 1.62. The van der Waals surface area contributed by atoms with Crippen LogP contribution in [0.25, 0.3) is 0 Å². The summed E-state index contributed by atoms with van der Waals surface area (Å²) in [6, 6.07) is 14.4. The van der Waals surface area contributed by atoms with E-state index in [-0.39, 0.29) is 0 Å². The topological polar surface area (TPSA) is 47.6 Å². The number of nitrogens with one attached hydrogen (secondary N) is 1. The fourth-order valence-corrected chi connectivity index (χ4v) is 3.07. The monoisotopic (exact) mass is 355 g/mol. The first kappa shape index (κ1) is 14.9. The minimum Gasteiger partial charge on any atom is -0.497 e. The van der Waals surface area contributed by atoms with Crippen LogP contribution in [-0.2, 0) is 4.57 Å². The van der Waals surface area contributed by atoms with Crippen molar-refractivity contribution in [2.24, 2.45) is 0 Å². The fraction of sp³-hybridized carbons (Fsp3) is 0.143. The standard InChI is InChI=1S/C14H15BrNO3P/c1-18-13-7-9-14(10-8-13)19-20(2,17)16-12-5-3-11(15)4-6-12/h3-10H,1-2H3,(H,16,17)/t20-/m0/s1. The smallest absolute Gasteiger partial charge is 0.338 e. The van der Waals surface area contributed by atoms with Crippen molar-refractivity contribution < 1.29 is 13.8 Å². The van der Waals surface area contributed by atoms with Crippen LogP contribution in [0.5, 0.6) is 11.5 Å². The van der Waals surface area contributed by atoms with Gasteiger partial charge in [0.25, 0.3) is 0 Å². The average molecular weight is 356 g/mol. The van der Waals surface area contributed by atoms with Crippen molar-refractivity contribution in [3.05, 3.63) is 53.0 Å². The summed E-state index contributed by atoms with van der Waals surface area (Å²) in [5.74, 6) is 1.25. The Bertz CT molecular complexity index is 613. The molecule has 0 aliphatic carbocycles. The Balaban J connectivity index is 2.06. The first-order chi connectivity index (χ1) is 9.48. The molecule has 0 radical (unpaired) electrons. The molecular weight excluding hydrogens is 341 g/mol. The molecule has 0 saturated heterocycles. The van der Waals surface area contributed by atoms with Crippen LogP contribution in [0, 0.1) is 0 Å². The van der Waals surface area contributed by atoms with E-state index in [9.17, 15) is 4.57 Å². The Hall–Kier alpha value is -1.45. The maximum Gasteiger partial charge on any atom is 0.338 e. The molecular formula is C14H15BrNO3P. The number of anilines is 1. The lowest BCUT2D eigenvalue weighted by Crippen LogP contribution is -2.02. The van der Waals surface area contributed by atoms with Crippen LogP contribution in [0.4, 0.5) is 5.69 Å². The first-order valence-electron chi connectivity index (χ1n) is 5.93. The van der Waals surface area contributed by atoms with Gasteiger partial charge in [0, 0.05) is 16.8 Å². The zero-order valence-electron chi connectivity index (χ0n) is 11.2. The second-order valence-corrected chi connectivity index (χ2v) is 7.24. The highest BCUT2D eigenvalue weighted by molar-refractivity contribution is 9.10. The van der Waals surface area contributed by atoms with Crippen LogP contribution >= 0.6 is 23.4 Å². The predicted molar refractivity (Wildman–Crippen MR) is 84.9 cm³/mol. The Kier molecular flexibility index (Phi) is 4.73. The lowest BCUT2D eigenvalue weighted by Gasteiger charge is -2.17. The molecule has 0 aliphatic heterocycles. The molecule has 0 unspecified atom stereocenters. The first-order valence-corrected chi connectivity index (χ1v) is 8.80. The van der Waals surface area contributed by atoms with Gasteiger partial charge in [-0.05, 0) is 48.5 Å². The second-order valence-electron chi connectivity index (χ2n) is 4.23. The van der Waals surface area contributed by atoms with Crippen LogP contribution in [0.15, 0.2) is 53.0 Å². The summed E-state index contributed by atoms with van der Waals surface area (Å²) >= 11 is 3.35. The number of benzene rings is 2. The lowest BCUT2D eigenvalue weighted by molar-refractivity contribution is 0.413. The van der Waals surface area contributed by atoms with Gasteiger partial charge in [-0.1, -0.05) is 15.9 Å². The van der Waals surface area contributed by atoms with Crippen LogP contribution in [-0.4, -0.2) is 13.8 Å². The molecule has 2 aromatic rings. The van der Waals surface area contributed by atoms with Gasteiger partial charge in [-0.3, -0.25) is 4.57 Å². The number of ether oxygens (including phenoxy) is 1. The molecule has 2 rings (SSSR count). The van der Waals surface area contributed by atoms with Gasteiger partial charge in [0.1, 0.15) is 11.5 Å².